The van der Waals surface area contributed by atoms with Crippen molar-refractivity contribution in [1.82, 2.24) is 16.4 Å². The monoisotopic (exact) mass is 555 g/mol. The Morgan fingerprint density at radius 2 is 0.757 bits per heavy atom. The maximum absolute atomic E-state index is 10.7. The van der Waals surface area contributed by atoms with Crippen molar-refractivity contribution in [3.63, 3.8) is 0 Å². The summed E-state index contributed by atoms with van der Waals surface area (Å²) >= 11 is 0. The summed E-state index contributed by atoms with van der Waals surface area (Å²) in [6, 6.07) is 18.3. The summed E-state index contributed by atoms with van der Waals surface area (Å²) in [5.74, 6) is -1.94. The van der Waals surface area contributed by atoms with Crippen LogP contribution in [-0.4, -0.2) is 29.4 Å². The number of nitrogens with two attached hydrogens (primary N) is 3. The number of amides is 3. The van der Waals surface area contributed by atoms with Gasteiger partial charge in [-0.25, -0.2) is 0 Å². The number of aliphatic hydroxyl groups excluding tert-OH is 1. The predicted molar refractivity (Wildman–Crippen MR) is 138 cm³/mol. The number of benzene rings is 3. The molecule has 0 aromatic heterocycles. The van der Waals surface area contributed by atoms with Crippen LogP contribution in [0.1, 0.15) is 38.0 Å². The van der Waals surface area contributed by atoms with Crippen LogP contribution in [-0.2, 0) is 17.1 Å². The molecule has 0 aliphatic heterocycles. The minimum Gasteiger partial charge on any atom is -0.759 e. The molecule has 13 nitrogen and oxygen atoms in total. The van der Waals surface area contributed by atoms with E-state index in [2.05, 4.69) is 0 Å². The van der Waals surface area contributed by atoms with Crippen molar-refractivity contribution in [2.24, 2.45) is 0 Å². The molecule has 0 saturated heterocycles. The number of anilines is 3. The number of carbonyl (C=O) groups is 3. The van der Waals surface area contributed by atoms with Gasteiger partial charge >= 0.3 is 17.1 Å². The van der Waals surface area contributed by atoms with E-state index in [0.29, 0.717) is 33.8 Å². The summed E-state index contributed by atoms with van der Waals surface area (Å²) in [5.41, 5.74) is 22.5. The number of hydroxylamine groups is 3. The molecule has 14 heteroatoms. The average Bonchev–Trinajstić information content (AvgIpc) is 2.90. The Hall–Kier alpha value is -4.17. The molecular formula is C23H27FeN6O7. The van der Waals surface area contributed by atoms with Gasteiger partial charge in [-0.2, -0.15) is 0 Å². The van der Waals surface area contributed by atoms with Crippen LogP contribution in [0.2, 0.25) is 0 Å². The number of rotatable bonds is 3. The first kappa shape index (κ1) is 35.0. The van der Waals surface area contributed by atoms with Crippen molar-refractivity contribution >= 4 is 34.8 Å². The molecule has 0 aliphatic carbocycles. The van der Waals surface area contributed by atoms with Crippen molar-refractivity contribution in [3.8, 4) is 0 Å². The molecule has 10 N–H and O–H groups in total. The van der Waals surface area contributed by atoms with Crippen LogP contribution in [0.4, 0.5) is 17.1 Å². The molecule has 0 atom stereocenters. The Kier molecular flexibility index (Phi) is 19.0. The zero-order valence-electron chi connectivity index (χ0n) is 19.6. The van der Waals surface area contributed by atoms with Crippen LogP contribution in [0.3, 0.4) is 0 Å². The molecule has 3 aromatic carbocycles. The number of nitrogens with one attached hydrogen (secondary N) is 3. The summed E-state index contributed by atoms with van der Waals surface area (Å²) in [5, 5.41) is 37.2. The van der Waals surface area contributed by atoms with Gasteiger partial charge in [0.05, 0.1) is 0 Å². The first-order valence-corrected chi connectivity index (χ1v) is 10.1. The third-order valence-corrected chi connectivity index (χ3v) is 3.80. The largest absolute Gasteiger partial charge is 3.00 e. The molecule has 37 heavy (non-hydrogen) atoms. The molecular weight excluding hydrogens is 528 g/mol. The molecule has 0 saturated carbocycles. The first-order valence-electron chi connectivity index (χ1n) is 10.1. The summed E-state index contributed by atoms with van der Waals surface area (Å²) in [4.78, 5) is 32.0. The number of hydrogen-bond donors (Lipinski definition) is 7. The second-order valence-corrected chi connectivity index (χ2v) is 6.48. The van der Waals surface area contributed by atoms with Crippen LogP contribution < -0.4 is 33.6 Å². The molecule has 0 aliphatic rings. The molecule has 3 aromatic rings. The quantitative estimate of drug-likeness (QED) is 0.139. The smallest absolute Gasteiger partial charge is 0.759 e. The molecule has 0 heterocycles. The van der Waals surface area contributed by atoms with Crippen molar-refractivity contribution in [1.29, 1.82) is 0 Å². The SMILES string of the molecule is CCO.Nc1ccc(C(=O)N[O-])cc1.Nc1ccc(C(=O)N[O-])cc1.Nc1ccc(C(=O)N[O-])cc1.[Fe+3]. The Labute approximate surface area is 223 Å². The van der Waals surface area contributed by atoms with E-state index in [-0.39, 0.29) is 23.7 Å². The van der Waals surface area contributed by atoms with Gasteiger partial charge < -0.3 is 54.4 Å². The maximum Gasteiger partial charge on any atom is 3.00 e. The number of nitrogen functional groups attached to an aromatic ring is 3. The van der Waals surface area contributed by atoms with E-state index in [1.165, 1.54) is 52.8 Å². The fraction of sp³-hybridized carbons (Fsp3) is 0.0870. The van der Waals surface area contributed by atoms with Gasteiger partial charge in [-0.1, -0.05) is 0 Å². The summed E-state index contributed by atoms with van der Waals surface area (Å²) in [6.45, 7) is 1.93. The summed E-state index contributed by atoms with van der Waals surface area (Å²) in [7, 11) is 0. The van der Waals surface area contributed by atoms with E-state index in [4.69, 9.17) is 22.3 Å². The van der Waals surface area contributed by atoms with Crippen molar-refractivity contribution in [2.75, 3.05) is 23.8 Å². The van der Waals surface area contributed by atoms with Crippen molar-refractivity contribution in [3.05, 3.63) is 105 Å². The molecule has 3 rings (SSSR count). The van der Waals surface area contributed by atoms with Crippen LogP contribution in [0.25, 0.3) is 0 Å². The Balaban J connectivity index is 0. The van der Waals surface area contributed by atoms with Gasteiger partial charge in [0.15, 0.2) is 0 Å². The van der Waals surface area contributed by atoms with Crippen molar-refractivity contribution in [2.45, 2.75) is 6.92 Å². The van der Waals surface area contributed by atoms with Crippen LogP contribution in [0.15, 0.2) is 72.8 Å². The molecule has 0 fully saturated rings. The minimum absolute atomic E-state index is 0. The zero-order valence-corrected chi connectivity index (χ0v) is 20.7. The number of hydrogen-bond acceptors (Lipinski definition) is 10. The van der Waals surface area contributed by atoms with Crippen LogP contribution >= 0.6 is 0 Å². The van der Waals surface area contributed by atoms with Crippen molar-refractivity contribution < 1.29 is 36.6 Å². The van der Waals surface area contributed by atoms with E-state index in [0.717, 1.165) is 0 Å². The zero-order chi connectivity index (χ0) is 27.5. The van der Waals surface area contributed by atoms with E-state index >= 15 is 0 Å². The molecule has 3 amide bonds. The number of aliphatic hydroxyl groups is 1. The molecule has 0 bridgehead atoms. The maximum atomic E-state index is 10.7. The third-order valence-electron chi connectivity index (χ3n) is 3.80. The van der Waals surface area contributed by atoms with E-state index in [1.807, 2.05) is 0 Å². The molecule has 0 spiro atoms. The van der Waals surface area contributed by atoms with E-state index in [9.17, 15) is 30.0 Å². The average molecular weight is 555 g/mol. The first-order chi connectivity index (χ1) is 17.1. The van der Waals surface area contributed by atoms with Gasteiger partial charge in [-0.15, -0.1) is 0 Å². The van der Waals surface area contributed by atoms with E-state index < -0.39 is 17.7 Å². The minimum atomic E-state index is -0.648. The second kappa shape index (κ2) is 20.1. The number of carbonyl (C=O) groups excluding carboxylic acids is 3. The third kappa shape index (κ3) is 14.7. The van der Waals surface area contributed by atoms with Gasteiger partial charge in [0.2, 0.25) is 17.7 Å². The Morgan fingerprint density at radius 1 is 0.595 bits per heavy atom. The fourth-order valence-electron chi connectivity index (χ4n) is 2.08. The molecule has 0 unspecified atom stereocenters. The second-order valence-electron chi connectivity index (χ2n) is 6.48. The summed E-state index contributed by atoms with van der Waals surface area (Å²) in [6.07, 6.45) is 0. The molecule has 199 valence electrons. The Bertz CT molecular complexity index is 930. The normalized spacial score (nSPS) is 8.68. The van der Waals surface area contributed by atoms with Gasteiger partial charge in [-0.05, 0) is 79.7 Å². The Morgan fingerprint density at radius 3 is 0.892 bits per heavy atom. The predicted octanol–water partition coefficient (Wildman–Crippen LogP) is 1.49. The molecule has 1 radical (unpaired) electrons. The summed E-state index contributed by atoms with van der Waals surface area (Å²) < 4.78 is 0. The van der Waals surface area contributed by atoms with E-state index in [1.54, 1.807) is 43.3 Å². The van der Waals surface area contributed by atoms with Gasteiger partial charge in [0, 0.05) is 40.4 Å². The topological polar surface area (TPSA) is 255 Å². The van der Waals surface area contributed by atoms with Crippen LogP contribution in [0, 0.1) is 15.6 Å². The fourth-order valence-corrected chi connectivity index (χ4v) is 2.08. The van der Waals surface area contributed by atoms with Gasteiger partial charge in [-0.3, -0.25) is 14.4 Å². The van der Waals surface area contributed by atoms with Crippen LogP contribution in [0.5, 0.6) is 0 Å². The van der Waals surface area contributed by atoms with Gasteiger partial charge in [0.25, 0.3) is 0 Å². The standard InChI is InChI=1S/3C7H7N2O2.C2H6O.Fe/c3*8-6-3-1-5(2-4-6)7(10)9-11;1-2-3;/h3*1-4H,(H3-,8,9,10,11);3H,2H2,1H3;/q3*-1;;+3. The van der Waals surface area contributed by atoms with Gasteiger partial charge in [0.1, 0.15) is 0 Å².